The third-order valence-electron chi connectivity index (χ3n) is 5.90. The number of hydrogen-bond donors (Lipinski definition) is 2. The fraction of sp³-hybridized carbons (Fsp3) is 0.632. The van der Waals surface area contributed by atoms with Gasteiger partial charge in [-0.25, -0.2) is 4.59 Å². The van der Waals surface area contributed by atoms with Gasteiger partial charge in [0.2, 0.25) is 0 Å². The second-order valence-corrected chi connectivity index (χ2v) is 7.57. The molecule has 138 valence electrons. The van der Waals surface area contributed by atoms with E-state index < -0.39 is 5.54 Å². The first-order valence-corrected chi connectivity index (χ1v) is 9.16. The first-order chi connectivity index (χ1) is 11.9. The molecule has 1 atom stereocenters. The van der Waals surface area contributed by atoms with Crippen molar-refractivity contribution < 1.29 is 19.2 Å². The van der Waals surface area contributed by atoms with Gasteiger partial charge in [0, 0.05) is 19.4 Å². The van der Waals surface area contributed by atoms with Crippen molar-refractivity contribution in [1.29, 1.82) is 0 Å². The molecule has 1 saturated carbocycles. The Labute approximate surface area is 150 Å². The second kappa shape index (κ2) is 6.94. The minimum atomic E-state index is -0.401. The van der Waals surface area contributed by atoms with Crippen LogP contribution in [0.4, 0.5) is 5.69 Å². The molecule has 0 bridgehead atoms. The van der Waals surface area contributed by atoms with Crippen LogP contribution in [0.25, 0.3) is 0 Å². The topological polar surface area (TPSA) is 59.6 Å². The maximum absolute atomic E-state index is 13.4. The molecule has 0 radical (unpaired) electrons. The number of hydrogen-bond acceptors (Lipinski definition) is 4. The molecule has 3 rings (SSSR count). The summed E-state index contributed by atoms with van der Waals surface area (Å²) in [5, 5.41) is 3.16. The number of benzene rings is 1. The molecule has 1 saturated heterocycles. The van der Waals surface area contributed by atoms with Gasteiger partial charge in [-0.15, -0.1) is 0 Å². The molecule has 2 aliphatic rings. The Morgan fingerprint density at radius 2 is 2.00 bits per heavy atom. The molecule has 2 fully saturated rings. The molecule has 1 amide bonds. The van der Waals surface area contributed by atoms with E-state index in [1.54, 1.807) is 0 Å². The van der Waals surface area contributed by atoms with Crippen LogP contribution in [0, 0.1) is 13.8 Å². The second-order valence-electron chi connectivity index (χ2n) is 7.57. The molecule has 1 aromatic rings. The van der Waals surface area contributed by atoms with E-state index in [0.717, 1.165) is 49.9 Å². The van der Waals surface area contributed by atoms with Crippen molar-refractivity contribution in [1.82, 2.24) is 5.43 Å². The molecule has 2 N–H and O–H groups in total. The van der Waals surface area contributed by atoms with Crippen LogP contribution in [-0.2, 0) is 9.68 Å². The Hall–Kier alpha value is -1.63. The normalized spacial score (nSPS) is 25.1. The molecule has 1 heterocycles. The summed E-state index contributed by atoms with van der Waals surface area (Å²) in [5.41, 5.74) is 5.93. The van der Waals surface area contributed by atoms with Crippen molar-refractivity contribution in [2.45, 2.75) is 51.5 Å². The predicted octanol–water partition coefficient (Wildman–Crippen LogP) is 2.85. The van der Waals surface area contributed by atoms with Crippen LogP contribution in [0.2, 0.25) is 0 Å². The van der Waals surface area contributed by atoms with Crippen LogP contribution in [0.1, 0.15) is 43.2 Å². The van der Waals surface area contributed by atoms with E-state index in [0.29, 0.717) is 16.0 Å². The summed E-state index contributed by atoms with van der Waals surface area (Å²) >= 11 is 0. The monoisotopic (exact) mass is 348 g/mol. The van der Waals surface area contributed by atoms with E-state index in [1.165, 1.54) is 13.5 Å². The van der Waals surface area contributed by atoms with Crippen LogP contribution < -0.4 is 15.6 Å². The third-order valence-corrected chi connectivity index (χ3v) is 5.90. The molecule has 6 heteroatoms. The first-order valence-electron chi connectivity index (χ1n) is 9.16. The predicted molar refractivity (Wildman–Crippen MR) is 97.1 cm³/mol. The Kier molecular flexibility index (Phi) is 5.04. The molecular formula is C19H30N3O3+. The Balaban J connectivity index is 1.88. The van der Waals surface area contributed by atoms with Crippen molar-refractivity contribution in [3.63, 3.8) is 0 Å². The highest BCUT2D eigenvalue weighted by molar-refractivity contribution is 5.99. The zero-order chi connectivity index (χ0) is 18.1. The summed E-state index contributed by atoms with van der Waals surface area (Å²) < 4.78 is 0.629. The molecule has 1 aliphatic carbocycles. The number of anilines is 1. The van der Waals surface area contributed by atoms with Crippen LogP contribution in [0.5, 0.6) is 5.75 Å². The molecule has 6 nitrogen and oxygen atoms in total. The van der Waals surface area contributed by atoms with Crippen LogP contribution in [-0.4, -0.2) is 43.3 Å². The van der Waals surface area contributed by atoms with Gasteiger partial charge in [-0.05, 0) is 50.3 Å². The summed E-state index contributed by atoms with van der Waals surface area (Å²) in [7, 11) is 3.63. The van der Waals surface area contributed by atoms with Crippen molar-refractivity contribution in [3.8, 4) is 5.75 Å². The van der Waals surface area contributed by atoms with Gasteiger partial charge < -0.3 is 10.2 Å². The van der Waals surface area contributed by atoms with E-state index >= 15 is 0 Å². The number of carbonyl (C=O) groups is 1. The number of carbonyl (C=O) groups excluding carboxylic acids is 1. The molecule has 1 aliphatic heterocycles. The number of likely N-dealkylation sites (N-methyl/N-ethyl adjacent to an activating group) is 1. The maximum atomic E-state index is 13.4. The largest absolute Gasteiger partial charge is 0.336 e. The lowest BCUT2D eigenvalue weighted by atomic mass is 9.73. The Bertz CT molecular complexity index is 650. The van der Waals surface area contributed by atoms with Crippen molar-refractivity contribution in [3.05, 3.63) is 23.3 Å². The molecule has 25 heavy (non-hydrogen) atoms. The van der Waals surface area contributed by atoms with E-state index in [9.17, 15) is 4.79 Å². The van der Waals surface area contributed by atoms with Gasteiger partial charge in [0.1, 0.15) is 0 Å². The van der Waals surface area contributed by atoms with Gasteiger partial charge in [0.05, 0.1) is 26.4 Å². The zero-order valence-electron chi connectivity index (χ0n) is 15.8. The molecule has 0 spiro atoms. The van der Waals surface area contributed by atoms with E-state index in [1.807, 2.05) is 26.0 Å². The average Bonchev–Trinajstić information content (AvgIpc) is 2.50. The maximum Gasteiger partial charge on any atom is 0.287 e. The summed E-state index contributed by atoms with van der Waals surface area (Å²) in [6, 6.07) is 3.93. The molecule has 1 aromatic carbocycles. The first kappa shape index (κ1) is 18.2. The SMILES string of the molecule is COOc1cc(C)cc(C)c1NC(=O)C1([N+]2(C)CCCCN2)CCC1. The zero-order valence-corrected chi connectivity index (χ0v) is 15.8. The van der Waals surface area contributed by atoms with Crippen molar-refractivity contribution in [2.24, 2.45) is 0 Å². The lowest BCUT2D eigenvalue weighted by Gasteiger charge is -2.54. The fourth-order valence-electron chi connectivity index (χ4n) is 4.25. The average molecular weight is 348 g/mol. The quantitative estimate of drug-likeness (QED) is 0.488. The third kappa shape index (κ3) is 3.14. The van der Waals surface area contributed by atoms with Gasteiger partial charge in [-0.1, -0.05) is 6.07 Å². The van der Waals surface area contributed by atoms with Crippen molar-refractivity contribution in [2.75, 3.05) is 32.6 Å². The van der Waals surface area contributed by atoms with Crippen LogP contribution in [0.3, 0.4) is 0 Å². The Morgan fingerprint density at radius 3 is 2.56 bits per heavy atom. The number of amides is 1. The van der Waals surface area contributed by atoms with Crippen LogP contribution in [0.15, 0.2) is 12.1 Å². The minimum absolute atomic E-state index is 0.0727. The highest BCUT2D eigenvalue weighted by Gasteiger charge is 2.59. The van der Waals surface area contributed by atoms with E-state index in [2.05, 4.69) is 17.8 Å². The highest BCUT2D eigenvalue weighted by atomic mass is 17.2. The van der Waals surface area contributed by atoms with Crippen LogP contribution >= 0.6 is 0 Å². The minimum Gasteiger partial charge on any atom is -0.336 e. The van der Waals surface area contributed by atoms with E-state index in [4.69, 9.17) is 9.78 Å². The summed E-state index contributed by atoms with van der Waals surface area (Å²) in [4.78, 5) is 23.5. The standard InChI is InChI=1S/C19H29N3O3/c1-14-12-15(2)17(16(13-14)25-24-4)21-18(23)19(8-7-9-19)22(3)11-6-5-10-20-22/h12-13,20H,5-11H2,1-4H3/p+1. The van der Waals surface area contributed by atoms with E-state index in [-0.39, 0.29) is 5.91 Å². The van der Waals surface area contributed by atoms with Crippen molar-refractivity contribution >= 4 is 11.6 Å². The lowest BCUT2D eigenvalue weighted by Crippen LogP contribution is -2.77. The Morgan fingerprint density at radius 1 is 1.24 bits per heavy atom. The fourth-order valence-corrected chi connectivity index (χ4v) is 4.25. The molecule has 1 unspecified atom stereocenters. The lowest BCUT2D eigenvalue weighted by molar-refractivity contribution is -0.998. The molecule has 0 aromatic heterocycles. The summed E-state index contributed by atoms with van der Waals surface area (Å²) in [5.74, 6) is 0.626. The number of nitrogens with zero attached hydrogens (tertiary/aromatic N) is 1. The van der Waals surface area contributed by atoms with Gasteiger partial charge >= 0.3 is 0 Å². The smallest absolute Gasteiger partial charge is 0.287 e. The van der Waals surface area contributed by atoms with Gasteiger partial charge in [0.15, 0.2) is 11.3 Å². The number of aryl methyl sites for hydroxylation is 2. The highest BCUT2D eigenvalue weighted by Crippen LogP contribution is 2.43. The summed E-state index contributed by atoms with van der Waals surface area (Å²) in [6.45, 7) is 5.93. The van der Waals surface area contributed by atoms with Gasteiger partial charge in [-0.2, -0.15) is 10.3 Å². The summed E-state index contributed by atoms with van der Waals surface area (Å²) in [6.07, 6.45) is 5.24. The van der Waals surface area contributed by atoms with Gasteiger partial charge in [0.25, 0.3) is 5.91 Å². The number of rotatable bonds is 5. The number of nitrogens with one attached hydrogen (secondary N) is 2. The molecular weight excluding hydrogens is 318 g/mol. The number of quaternary nitrogens is 1. The van der Waals surface area contributed by atoms with Gasteiger partial charge in [-0.3, -0.25) is 4.79 Å².